The Hall–Kier alpha value is -1.80. The minimum Gasteiger partial charge on any atom is -0.388 e. The van der Waals surface area contributed by atoms with Crippen LogP contribution in [0, 0.1) is 0 Å². The Balaban J connectivity index is 1.52. The molecule has 0 radical (unpaired) electrons. The van der Waals surface area contributed by atoms with Gasteiger partial charge in [-0.3, -0.25) is 4.90 Å². The lowest BCUT2D eigenvalue weighted by molar-refractivity contribution is 0.251. The van der Waals surface area contributed by atoms with Crippen LogP contribution in [0.2, 0.25) is 0 Å². The van der Waals surface area contributed by atoms with Crippen LogP contribution in [-0.4, -0.2) is 25.0 Å². The summed E-state index contributed by atoms with van der Waals surface area (Å²) in [6.07, 6.45) is 3.60. The summed E-state index contributed by atoms with van der Waals surface area (Å²) < 4.78 is 0. The van der Waals surface area contributed by atoms with Gasteiger partial charge in [-0.2, -0.15) is 0 Å². The van der Waals surface area contributed by atoms with Crippen LogP contribution in [0.4, 0.5) is 5.69 Å². The zero-order chi connectivity index (χ0) is 14.5. The number of benzene rings is 2. The van der Waals surface area contributed by atoms with Gasteiger partial charge in [0.05, 0.1) is 0 Å². The highest BCUT2D eigenvalue weighted by atomic mass is 15.1. The van der Waals surface area contributed by atoms with Crippen molar-refractivity contribution in [1.29, 1.82) is 0 Å². The van der Waals surface area contributed by atoms with Crippen molar-refractivity contribution in [3.05, 3.63) is 65.2 Å². The van der Waals surface area contributed by atoms with Crippen molar-refractivity contribution < 1.29 is 0 Å². The number of fused-ring (bicyclic) bond motifs is 1. The number of hydrogen-bond donors (Lipinski definition) is 1. The Morgan fingerprint density at radius 1 is 1.05 bits per heavy atom. The highest BCUT2D eigenvalue weighted by molar-refractivity contribution is 5.48. The lowest BCUT2D eigenvalue weighted by Gasteiger charge is -2.29. The summed E-state index contributed by atoms with van der Waals surface area (Å²) in [5.41, 5.74) is 5.70. The van der Waals surface area contributed by atoms with E-state index in [0.717, 1.165) is 6.54 Å². The highest BCUT2D eigenvalue weighted by Gasteiger charge is 2.15. The van der Waals surface area contributed by atoms with E-state index in [4.69, 9.17) is 0 Å². The molecule has 1 aliphatic rings. The number of nitrogens with one attached hydrogen (secondary N) is 1. The second kappa shape index (κ2) is 6.77. The molecule has 0 saturated heterocycles. The smallest absolute Gasteiger partial charge is 0.0340 e. The Morgan fingerprint density at radius 2 is 1.90 bits per heavy atom. The molecule has 21 heavy (non-hydrogen) atoms. The molecule has 3 rings (SSSR count). The van der Waals surface area contributed by atoms with Gasteiger partial charge in [-0.1, -0.05) is 36.4 Å². The molecule has 1 N–H and O–H groups in total. The number of anilines is 1. The van der Waals surface area contributed by atoms with Crippen molar-refractivity contribution in [3.8, 4) is 0 Å². The molecule has 0 aliphatic carbocycles. The molecule has 1 aliphatic heterocycles. The summed E-state index contributed by atoms with van der Waals surface area (Å²) in [7, 11) is 1.99. The lowest BCUT2D eigenvalue weighted by Crippen LogP contribution is -2.31. The molecule has 0 amide bonds. The molecule has 0 bridgehead atoms. The van der Waals surface area contributed by atoms with E-state index in [1.54, 1.807) is 0 Å². The quantitative estimate of drug-likeness (QED) is 0.898. The number of aryl methyl sites for hydroxylation is 1. The van der Waals surface area contributed by atoms with Gasteiger partial charge in [0, 0.05) is 25.8 Å². The van der Waals surface area contributed by atoms with Crippen LogP contribution < -0.4 is 5.32 Å². The van der Waals surface area contributed by atoms with Crippen molar-refractivity contribution in [2.24, 2.45) is 0 Å². The first-order chi connectivity index (χ1) is 10.3. The first-order valence-corrected chi connectivity index (χ1v) is 7.91. The van der Waals surface area contributed by atoms with E-state index in [1.165, 1.54) is 54.7 Å². The Labute approximate surface area is 127 Å². The SMILES string of the molecule is CNc1ccc2c(c1)CCN(CCCc1ccccc1)C2. The zero-order valence-corrected chi connectivity index (χ0v) is 12.8. The number of hydrogen-bond acceptors (Lipinski definition) is 2. The Kier molecular flexibility index (Phi) is 4.56. The van der Waals surface area contributed by atoms with Gasteiger partial charge >= 0.3 is 0 Å². The molecule has 0 aromatic heterocycles. The lowest BCUT2D eigenvalue weighted by atomic mass is 9.98. The molecular weight excluding hydrogens is 256 g/mol. The van der Waals surface area contributed by atoms with E-state index < -0.39 is 0 Å². The van der Waals surface area contributed by atoms with Crippen molar-refractivity contribution >= 4 is 5.69 Å². The van der Waals surface area contributed by atoms with Crippen molar-refractivity contribution in [3.63, 3.8) is 0 Å². The Bertz CT molecular complexity index is 577. The van der Waals surface area contributed by atoms with Gasteiger partial charge in [0.1, 0.15) is 0 Å². The van der Waals surface area contributed by atoms with Crippen LogP contribution in [0.5, 0.6) is 0 Å². The van der Waals surface area contributed by atoms with E-state index in [1.807, 2.05) is 7.05 Å². The maximum Gasteiger partial charge on any atom is 0.0340 e. The molecule has 2 nitrogen and oxygen atoms in total. The maximum absolute atomic E-state index is 3.23. The zero-order valence-electron chi connectivity index (χ0n) is 12.8. The predicted molar refractivity (Wildman–Crippen MR) is 89.7 cm³/mol. The standard InChI is InChI=1S/C19H24N2/c1-20-19-10-9-18-15-21(13-11-17(18)14-19)12-5-8-16-6-3-2-4-7-16/h2-4,6-7,9-10,14,20H,5,8,11-13,15H2,1H3. The van der Waals surface area contributed by atoms with Gasteiger partial charge in [-0.15, -0.1) is 0 Å². The maximum atomic E-state index is 3.23. The molecule has 110 valence electrons. The van der Waals surface area contributed by atoms with Crippen LogP contribution in [0.1, 0.15) is 23.1 Å². The van der Waals surface area contributed by atoms with E-state index in [2.05, 4.69) is 58.7 Å². The minimum atomic E-state index is 1.11. The van der Waals surface area contributed by atoms with Gasteiger partial charge in [0.25, 0.3) is 0 Å². The first-order valence-electron chi connectivity index (χ1n) is 7.91. The van der Waals surface area contributed by atoms with Crippen LogP contribution in [-0.2, 0) is 19.4 Å². The normalized spacial score (nSPS) is 14.7. The fourth-order valence-electron chi connectivity index (χ4n) is 3.11. The number of nitrogens with zero attached hydrogens (tertiary/aromatic N) is 1. The highest BCUT2D eigenvalue weighted by Crippen LogP contribution is 2.22. The average molecular weight is 280 g/mol. The van der Waals surface area contributed by atoms with Crippen LogP contribution in [0.15, 0.2) is 48.5 Å². The fraction of sp³-hybridized carbons (Fsp3) is 0.368. The molecule has 1 heterocycles. The third-order valence-electron chi connectivity index (χ3n) is 4.37. The van der Waals surface area contributed by atoms with Crippen LogP contribution in [0.25, 0.3) is 0 Å². The third-order valence-corrected chi connectivity index (χ3v) is 4.37. The van der Waals surface area contributed by atoms with Gasteiger partial charge in [0.15, 0.2) is 0 Å². The summed E-state index contributed by atoms with van der Waals surface area (Å²) in [5.74, 6) is 0. The van der Waals surface area contributed by atoms with E-state index in [9.17, 15) is 0 Å². The first kappa shape index (κ1) is 14.2. The van der Waals surface area contributed by atoms with Crippen molar-refractivity contribution in [2.75, 3.05) is 25.5 Å². The van der Waals surface area contributed by atoms with Crippen molar-refractivity contribution in [1.82, 2.24) is 4.90 Å². The largest absolute Gasteiger partial charge is 0.388 e. The molecule has 0 unspecified atom stereocenters. The minimum absolute atomic E-state index is 1.11. The van der Waals surface area contributed by atoms with E-state index in [0.29, 0.717) is 0 Å². The molecule has 0 fully saturated rings. The third kappa shape index (κ3) is 3.64. The van der Waals surface area contributed by atoms with Gasteiger partial charge in [-0.25, -0.2) is 0 Å². The van der Waals surface area contributed by atoms with Gasteiger partial charge in [0.2, 0.25) is 0 Å². The summed E-state index contributed by atoms with van der Waals surface area (Å²) in [6, 6.07) is 17.6. The molecule has 0 spiro atoms. The summed E-state index contributed by atoms with van der Waals surface area (Å²) in [5, 5.41) is 3.23. The van der Waals surface area contributed by atoms with Crippen LogP contribution in [0.3, 0.4) is 0 Å². The molecule has 0 atom stereocenters. The topological polar surface area (TPSA) is 15.3 Å². The monoisotopic (exact) mass is 280 g/mol. The molecule has 0 saturated carbocycles. The predicted octanol–water partition coefficient (Wildman–Crippen LogP) is 3.72. The van der Waals surface area contributed by atoms with Crippen molar-refractivity contribution in [2.45, 2.75) is 25.8 Å². The molecule has 2 heteroatoms. The fourth-order valence-corrected chi connectivity index (χ4v) is 3.11. The summed E-state index contributed by atoms with van der Waals surface area (Å²) >= 11 is 0. The van der Waals surface area contributed by atoms with Gasteiger partial charge < -0.3 is 5.32 Å². The van der Waals surface area contributed by atoms with E-state index >= 15 is 0 Å². The van der Waals surface area contributed by atoms with Crippen LogP contribution >= 0.6 is 0 Å². The number of rotatable bonds is 5. The molecule has 2 aromatic rings. The van der Waals surface area contributed by atoms with E-state index in [-0.39, 0.29) is 0 Å². The summed E-state index contributed by atoms with van der Waals surface area (Å²) in [4.78, 5) is 2.59. The Morgan fingerprint density at radius 3 is 2.71 bits per heavy atom. The second-order valence-electron chi connectivity index (χ2n) is 5.85. The summed E-state index contributed by atoms with van der Waals surface area (Å²) in [6.45, 7) is 3.49. The molecule has 2 aromatic carbocycles. The molecular formula is C19H24N2. The second-order valence-corrected chi connectivity index (χ2v) is 5.85. The van der Waals surface area contributed by atoms with Gasteiger partial charge in [-0.05, 0) is 54.6 Å². The average Bonchev–Trinajstić information content (AvgIpc) is 2.55.